The van der Waals surface area contributed by atoms with Crippen LogP contribution >= 0.6 is 0 Å². The number of ether oxygens (including phenoxy) is 2. The summed E-state index contributed by atoms with van der Waals surface area (Å²) in [5.74, 6) is -0.322. The molecule has 5 fully saturated rings. The summed E-state index contributed by atoms with van der Waals surface area (Å²) < 4.78 is 42.9. The summed E-state index contributed by atoms with van der Waals surface area (Å²) in [6.45, 7) is 12.0. The first kappa shape index (κ1) is 46.4. The van der Waals surface area contributed by atoms with Gasteiger partial charge in [-0.3, -0.25) is 19.8 Å². The first-order valence-corrected chi connectivity index (χ1v) is 26.4. The second kappa shape index (κ2) is 18.0. The van der Waals surface area contributed by atoms with Crippen molar-refractivity contribution >= 4 is 61.0 Å². The second-order valence-electron chi connectivity index (χ2n) is 21.1. The van der Waals surface area contributed by atoms with Crippen molar-refractivity contribution in [3.05, 3.63) is 112 Å². The molecule has 2 aliphatic carbocycles. The molecule has 11 rings (SSSR count). The normalized spacial score (nSPS) is 25.5. The highest BCUT2D eigenvalue weighted by Crippen LogP contribution is 2.55. The van der Waals surface area contributed by atoms with Crippen LogP contribution in [0.5, 0.6) is 5.88 Å². The summed E-state index contributed by atoms with van der Waals surface area (Å²) in [6.07, 6.45) is 11.0. The van der Waals surface area contributed by atoms with E-state index in [1.807, 2.05) is 36.1 Å². The number of nitro benzene ring substituents is 1. The van der Waals surface area contributed by atoms with Gasteiger partial charge in [-0.05, 0) is 150 Å². The quantitative estimate of drug-likeness (QED) is 0.0685. The Kier molecular flexibility index (Phi) is 11.9. The molecule has 4 aliphatic heterocycles. The first-order chi connectivity index (χ1) is 33.6. The van der Waals surface area contributed by atoms with Gasteiger partial charge in [0.25, 0.3) is 21.6 Å². The van der Waals surface area contributed by atoms with Crippen LogP contribution in [0.2, 0.25) is 0 Å². The minimum atomic E-state index is -4.61. The van der Waals surface area contributed by atoms with E-state index in [2.05, 4.69) is 62.6 Å². The Hall–Kier alpha value is -6.01. The van der Waals surface area contributed by atoms with Crippen LogP contribution in [0, 0.1) is 21.4 Å². The van der Waals surface area contributed by atoms with Crippen LogP contribution in [0.15, 0.2) is 90.5 Å². The number of hydrogen-bond donors (Lipinski definition) is 4. The number of aromatic nitrogens is 2. The molecule has 0 bridgehead atoms. The van der Waals surface area contributed by atoms with Crippen LogP contribution in [-0.2, 0) is 14.8 Å². The van der Waals surface area contributed by atoms with Crippen molar-refractivity contribution < 1.29 is 32.7 Å². The molecular weight excluding hydrogens is 909 g/mol. The molecule has 1 spiro atoms. The van der Waals surface area contributed by atoms with Crippen LogP contribution in [0.1, 0.15) is 106 Å². The Balaban J connectivity index is 0.857. The number of fused-ring (bicyclic) bond motifs is 3. The molecule has 2 saturated carbocycles. The van der Waals surface area contributed by atoms with E-state index >= 15 is 0 Å². The number of piperidine rings is 1. The van der Waals surface area contributed by atoms with E-state index in [-0.39, 0.29) is 28.6 Å². The summed E-state index contributed by atoms with van der Waals surface area (Å²) in [5.41, 5.74) is 5.83. The number of allylic oxidation sites excluding steroid dienone is 1. The molecule has 17 heteroatoms. The molecule has 70 heavy (non-hydrogen) atoms. The Morgan fingerprint density at radius 3 is 2.53 bits per heavy atom. The number of benzene rings is 3. The minimum Gasteiger partial charge on any atom is -0.468 e. The highest BCUT2D eigenvalue weighted by molar-refractivity contribution is 7.90. The van der Waals surface area contributed by atoms with Crippen molar-refractivity contribution in [1.82, 2.24) is 19.6 Å². The number of nitrogens with zero attached hydrogens (tertiary/aromatic N) is 5. The highest BCUT2D eigenvalue weighted by atomic mass is 32.2. The van der Waals surface area contributed by atoms with Gasteiger partial charge in [0.05, 0.1) is 45.9 Å². The SMILES string of the molecule is C=C(C)c1ccccc1[C@@H]1CCCN1C1CC2(CCN(c3ccc(C(=O)NS(=O)(=O)c4ccc(NCC5CCC(C)(O)CC5)c([N+](=O)[O-])c4)c(N4c5cc6cc[nH]c6nc5O[C@H]5COC[C@@H]54)c3)CC2)C1. The fourth-order valence-electron chi connectivity index (χ4n) is 12.4. The molecule has 4 N–H and O–H groups in total. The summed E-state index contributed by atoms with van der Waals surface area (Å²) in [4.78, 5) is 41.0. The predicted octanol–water partition coefficient (Wildman–Crippen LogP) is 8.86. The molecule has 2 aromatic heterocycles. The summed E-state index contributed by atoms with van der Waals surface area (Å²) >= 11 is 0. The Bertz CT molecular complexity index is 2970. The van der Waals surface area contributed by atoms with E-state index < -0.39 is 43.1 Å². The number of sulfonamides is 1. The maximum Gasteiger partial charge on any atom is 0.293 e. The summed E-state index contributed by atoms with van der Waals surface area (Å²) in [6, 6.07) is 22.4. The number of amides is 1. The van der Waals surface area contributed by atoms with Gasteiger partial charge in [0.1, 0.15) is 23.1 Å². The van der Waals surface area contributed by atoms with Gasteiger partial charge in [-0.2, -0.15) is 4.98 Å². The largest absolute Gasteiger partial charge is 0.468 e. The Labute approximate surface area is 408 Å². The number of likely N-dealkylation sites (tertiary alicyclic amines) is 1. The van der Waals surface area contributed by atoms with Crippen molar-refractivity contribution in [2.45, 2.75) is 113 Å². The lowest BCUT2D eigenvalue weighted by Gasteiger charge is -2.56. The lowest BCUT2D eigenvalue weighted by atomic mass is 9.59. The van der Waals surface area contributed by atoms with E-state index in [0.29, 0.717) is 67.6 Å². The highest BCUT2D eigenvalue weighted by Gasteiger charge is 2.50. The third kappa shape index (κ3) is 8.68. The number of carbonyl (C=O) groups is 1. The molecule has 1 amide bonds. The van der Waals surface area contributed by atoms with Crippen molar-refractivity contribution in [3.8, 4) is 5.88 Å². The van der Waals surface area contributed by atoms with Crippen LogP contribution in [0.25, 0.3) is 16.6 Å². The second-order valence-corrected chi connectivity index (χ2v) is 22.7. The summed E-state index contributed by atoms with van der Waals surface area (Å²) in [7, 11) is -4.61. The molecule has 16 nitrogen and oxygen atoms in total. The van der Waals surface area contributed by atoms with Gasteiger partial charge in [-0.25, -0.2) is 13.1 Å². The maximum absolute atomic E-state index is 14.6. The van der Waals surface area contributed by atoms with Crippen LogP contribution in [-0.4, -0.2) is 102 Å². The number of anilines is 4. The molecule has 3 atom stereocenters. The number of H-pyrrole nitrogens is 1. The standard InChI is InChI=1S/C53H62N8O8S/c1-33(2)39-7-4-5-8-40(39)43-9-6-22-59(43)37-28-53(29-37)19-23-58(24-20-53)36-10-12-41(44(26-36)60-46-25-35-16-21-54-49(35)56-51(46)69-48-32-68-31-47(48)60)50(62)57-70(66,67)38-11-13-42(45(27-38)61(64)65)55-30-34-14-17-52(3,63)18-15-34/h4-5,7-8,10-13,16,21,25-27,34,37,43,47-48,55,63H,1,6,9,14-15,17-20,22-24,28-32H2,2-3H3,(H,54,56)(H,57,62)/t34?,43-,47-,48-,52?/m0/s1. The average Bonchev–Trinajstić information content (AvgIpc) is 4.13. The van der Waals surface area contributed by atoms with E-state index in [1.54, 1.807) is 12.3 Å². The van der Waals surface area contributed by atoms with Gasteiger partial charge in [-0.1, -0.05) is 36.4 Å². The van der Waals surface area contributed by atoms with E-state index in [1.165, 1.54) is 48.9 Å². The molecule has 3 saturated heterocycles. The van der Waals surface area contributed by atoms with E-state index in [9.17, 15) is 28.4 Å². The number of rotatable bonds is 12. The lowest BCUT2D eigenvalue weighted by Crippen LogP contribution is -2.55. The monoisotopic (exact) mass is 970 g/mol. The maximum atomic E-state index is 14.6. The molecular formula is C53H62N8O8S. The third-order valence-corrected chi connectivity index (χ3v) is 17.7. The Morgan fingerprint density at radius 1 is 0.971 bits per heavy atom. The molecule has 368 valence electrons. The van der Waals surface area contributed by atoms with Crippen molar-refractivity contribution in [3.63, 3.8) is 0 Å². The van der Waals surface area contributed by atoms with Gasteiger partial charge in [-0.15, -0.1) is 0 Å². The summed E-state index contributed by atoms with van der Waals surface area (Å²) in [5, 5.41) is 26.7. The lowest BCUT2D eigenvalue weighted by molar-refractivity contribution is -0.384. The molecule has 6 aliphatic rings. The zero-order valence-corrected chi connectivity index (χ0v) is 40.7. The van der Waals surface area contributed by atoms with Gasteiger partial charge < -0.3 is 34.7 Å². The van der Waals surface area contributed by atoms with Gasteiger partial charge in [0, 0.05) is 55.1 Å². The van der Waals surface area contributed by atoms with Crippen LogP contribution in [0.4, 0.5) is 28.4 Å². The van der Waals surface area contributed by atoms with Crippen LogP contribution in [0.3, 0.4) is 0 Å². The Morgan fingerprint density at radius 2 is 1.76 bits per heavy atom. The third-order valence-electron chi connectivity index (χ3n) is 16.4. The topological polar surface area (TPSA) is 196 Å². The van der Waals surface area contributed by atoms with Gasteiger partial charge >= 0.3 is 0 Å². The van der Waals surface area contributed by atoms with Crippen molar-refractivity contribution in [2.75, 3.05) is 54.5 Å². The van der Waals surface area contributed by atoms with Crippen molar-refractivity contribution in [1.29, 1.82) is 0 Å². The number of nitrogens with one attached hydrogen (secondary N) is 3. The minimum absolute atomic E-state index is 0.0999. The molecule has 6 heterocycles. The zero-order chi connectivity index (χ0) is 48.5. The number of aromatic amines is 1. The number of carbonyl (C=O) groups excluding carboxylic acids is 1. The van der Waals surface area contributed by atoms with E-state index in [4.69, 9.17) is 14.5 Å². The predicted molar refractivity (Wildman–Crippen MR) is 269 cm³/mol. The average molecular weight is 971 g/mol. The fourth-order valence-corrected chi connectivity index (χ4v) is 13.3. The first-order valence-electron chi connectivity index (χ1n) is 24.9. The molecule has 3 aromatic carbocycles. The number of nitro groups is 1. The number of pyridine rings is 1. The zero-order valence-electron chi connectivity index (χ0n) is 39.9. The number of aliphatic hydroxyl groups is 1. The smallest absolute Gasteiger partial charge is 0.293 e. The van der Waals surface area contributed by atoms with Gasteiger partial charge in [0.15, 0.2) is 0 Å². The molecule has 5 aromatic rings. The van der Waals surface area contributed by atoms with Crippen molar-refractivity contribution in [2.24, 2.45) is 11.3 Å². The van der Waals surface area contributed by atoms with Crippen LogP contribution < -0.4 is 24.6 Å². The molecule has 0 unspecified atom stereocenters. The molecule has 0 radical (unpaired) electrons. The number of hydrogen-bond acceptors (Lipinski definition) is 13. The van der Waals surface area contributed by atoms with E-state index in [0.717, 1.165) is 68.0 Å². The fraction of sp³-hybridized carbons (Fsp3) is 0.472. The van der Waals surface area contributed by atoms with Gasteiger partial charge in [0.2, 0.25) is 5.88 Å².